The Bertz CT molecular complexity index is 478. The third-order valence-corrected chi connectivity index (χ3v) is 1.98. The fourth-order valence-electron chi connectivity index (χ4n) is 1.23. The highest BCUT2D eigenvalue weighted by molar-refractivity contribution is 5.05. The molecule has 0 saturated carbocycles. The Morgan fingerprint density at radius 2 is 2.07 bits per heavy atom. The molecule has 0 aromatic carbocycles. The van der Waals surface area contributed by atoms with Crippen molar-refractivity contribution < 1.29 is 0 Å². The minimum absolute atomic E-state index is 0.0755. The number of nitrogens with zero attached hydrogens (tertiary/aromatic N) is 2. The van der Waals surface area contributed by atoms with E-state index >= 15 is 0 Å². The van der Waals surface area contributed by atoms with E-state index in [2.05, 4.69) is 10.4 Å². The summed E-state index contributed by atoms with van der Waals surface area (Å²) < 4.78 is 1.44. The second kappa shape index (κ2) is 4.41. The Morgan fingerprint density at radius 1 is 1.20 bits per heavy atom. The van der Waals surface area contributed by atoms with Crippen molar-refractivity contribution in [3.63, 3.8) is 0 Å². The normalized spacial score (nSPS) is 9.87. The molecule has 2 aromatic rings. The molecule has 1 N–H and O–H groups in total. The van der Waals surface area contributed by atoms with Gasteiger partial charge in [0.1, 0.15) is 0 Å². The zero-order valence-corrected chi connectivity index (χ0v) is 8.13. The predicted octanol–water partition coefficient (Wildman–Crippen LogP) is 0.987. The van der Waals surface area contributed by atoms with E-state index in [1.807, 2.05) is 18.2 Å². The van der Waals surface area contributed by atoms with Crippen LogP contribution in [0.25, 0.3) is 0 Å². The maximum absolute atomic E-state index is 11.3. The standard InChI is InChI=1S/C11H11N3O/c15-11-6-2-4-8-14(11)13-9-10-5-1-3-7-12-10/h1-8,13H,9H2. The summed E-state index contributed by atoms with van der Waals surface area (Å²) in [7, 11) is 0. The third kappa shape index (κ3) is 2.43. The smallest absolute Gasteiger partial charge is 0.268 e. The highest BCUT2D eigenvalue weighted by Crippen LogP contribution is 1.92. The van der Waals surface area contributed by atoms with Gasteiger partial charge < -0.3 is 5.43 Å². The van der Waals surface area contributed by atoms with E-state index < -0.39 is 0 Å². The fraction of sp³-hybridized carbons (Fsp3) is 0.0909. The van der Waals surface area contributed by atoms with E-state index in [1.54, 1.807) is 24.5 Å². The Balaban J connectivity index is 2.06. The third-order valence-electron chi connectivity index (χ3n) is 1.98. The van der Waals surface area contributed by atoms with Crippen molar-refractivity contribution in [1.82, 2.24) is 9.66 Å². The number of aromatic nitrogens is 2. The molecule has 76 valence electrons. The number of nitrogens with one attached hydrogen (secondary N) is 1. The number of hydrogen-bond donors (Lipinski definition) is 1. The SMILES string of the molecule is O=c1ccccn1NCc1ccccn1. The van der Waals surface area contributed by atoms with Crippen LogP contribution in [-0.4, -0.2) is 9.66 Å². The Labute approximate surface area is 87.2 Å². The molecule has 0 unspecified atom stereocenters. The molecule has 0 radical (unpaired) electrons. The summed E-state index contributed by atoms with van der Waals surface area (Å²) in [6.45, 7) is 0.532. The lowest BCUT2D eigenvalue weighted by Gasteiger charge is -2.07. The molecule has 0 spiro atoms. The summed E-state index contributed by atoms with van der Waals surface area (Å²) in [5.74, 6) is 0. The lowest BCUT2D eigenvalue weighted by molar-refractivity contribution is 0.790. The van der Waals surface area contributed by atoms with Gasteiger partial charge >= 0.3 is 0 Å². The van der Waals surface area contributed by atoms with Gasteiger partial charge in [0.15, 0.2) is 0 Å². The molecular weight excluding hydrogens is 190 g/mol. The summed E-state index contributed by atoms with van der Waals surface area (Å²) in [6, 6.07) is 10.7. The molecule has 2 aromatic heterocycles. The zero-order valence-electron chi connectivity index (χ0n) is 8.13. The molecule has 0 atom stereocenters. The molecule has 15 heavy (non-hydrogen) atoms. The van der Waals surface area contributed by atoms with Crippen molar-refractivity contribution in [2.45, 2.75) is 6.54 Å². The average molecular weight is 201 g/mol. The van der Waals surface area contributed by atoms with Crippen molar-refractivity contribution in [3.8, 4) is 0 Å². The molecule has 0 bridgehead atoms. The summed E-state index contributed by atoms with van der Waals surface area (Å²) in [4.78, 5) is 15.5. The largest absolute Gasteiger partial charge is 0.317 e. The van der Waals surface area contributed by atoms with Crippen molar-refractivity contribution in [2.24, 2.45) is 0 Å². The maximum Gasteiger partial charge on any atom is 0.268 e. The topological polar surface area (TPSA) is 46.9 Å². The van der Waals surface area contributed by atoms with Crippen molar-refractivity contribution in [3.05, 3.63) is 64.8 Å². The minimum Gasteiger partial charge on any atom is -0.317 e. The van der Waals surface area contributed by atoms with Gasteiger partial charge in [-0.2, -0.15) is 0 Å². The second-order valence-corrected chi connectivity index (χ2v) is 3.06. The van der Waals surface area contributed by atoms with Crippen LogP contribution in [0.1, 0.15) is 5.69 Å². The van der Waals surface area contributed by atoms with Gasteiger partial charge in [0.2, 0.25) is 0 Å². The lowest BCUT2D eigenvalue weighted by atomic mass is 10.3. The van der Waals surface area contributed by atoms with E-state index in [9.17, 15) is 4.79 Å². The first-order valence-electron chi connectivity index (χ1n) is 4.68. The molecular formula is C11H11N3O. The average Bonchev–Trinajstić information content (AvgIpc) is 2.29. The van der Waals surface area contributed by atoms with E-state index in [4.69, 9.17) is 0 Å². The van der Waals surface area contributed by atoms with Gasteiger partial charge in [0, 0.05) is 18.5 Å². The molecule has 0 fully saturated rings. The fourth-order valence-corrected chi connectivity index (χ4v) is 1.23. The molecule has 0 saturated heterocycles. The summed E-state index contributed by atoms with van der Waals surface area (Å²) in [5.41, 5.74) is 3.79. The highest BCUT2D eigenvalue weighted by Gasteiger charge is 1.93. The van der Waals surface area contributed by atoms with Gasteiger partial charge in [-0.05, 0) is 18.2 Å². The minimum atomic E-state index is -0.0755. The molecule has 4 heteroatoms. The monoisotopic (exact) mass is 201 g/mol. The van der Waals surface area contributed by atoms with E-state index in [1.165, 1.54) is 10.7 Å². The van der Waals surface area contributed by atoms with Gasteiger partial charge in [-0.3, -0.25) is 9.78 Å². The molecule has 2 rings (SSSR count). The van der Waals surface area contributed by atoms with Crippen LogP contribution < -0.4 is 11.0 Å². The van der Waals surface area contributed by atoms with Crippen LogP contribution in [-0.2, 0) is 6.54 Å². The van der Waals surface area contributed by atoms with Crippen LogP contribution in [0.2, 0.25) is 0 Å². The van der Waals surface area contributed by atoms with Crippen LogP contribution in [0, 0.1) is 0 Å². The van der Waals surface area contributed by atoms with Crippen LogP contribution in [0.5, 0.6) is 0 Å². The Kier molecular flexibility index (Phi) is 2.78. The first-order valence-corrected chi connectivity index (χ1v) is 4.68. The van der Waals surface area contributed by atoms with Crippen molar-refractivity contribution >= 4 is 0 Å². The van der Waals surface area contributed by atoms with Crippen molar-refractivity contribution in [1.29, 1.82) is 0 Å². The highest BCUT2D eigenvalue weighted by atomic mass is 16.1. The van der Waals surface area contributed by atoms with Gasteiger partial charge in [-0.1, -0.05) is 12.1 Å². The first-order chi connectivity index (χ1) is 7.36. The van der Waals surface area contributed by atoms with Crippen LogP contribution >= 0.6 is 0 Å². The van der Waals surface area contributed by atoms with Crippen molar-refractivity contribution in [2.75, 3.05) is 5.43 Å². The van der Waals surface area contributed by atoms with Gasteiger partial charge in [0.05, 0.1) is 12.2 Å². The van der Waals surface area contributed by atoms with E-state index in [-0.39, 0.29) is 5.56 Å². The second-order valence-electron chi connectivity index (χ2n) is 3.06. The van der Waals surface area contributed by atoms with Crippen LogP contribution in [0.15, 0.2) is 53.6 Å². The molecule has 0 amide bonds. The molecule has 4 nitrogen and oxygen atoms in total. The van der Waals surface area contributed by atoms with E-state index in [0.29, 0.717) is 6.54 Å². The van der Waals surface area contributed by atoms with Crippen LogP contribution in [0.3, 0.4) is 0 Å². The zero-order chi connectivity index (χ0) is 10.5. The van der Waals surface area contributed by atoms with E-state index in [0.717, 1.165) is 5.69 Å². The first kappa shape index (κ1) is 9.45. The van der Waals surface area contributed by atoms with Gasteiger partial charge in [-0.25, -0.2) is 4.68 Å². The molecule has 2 heterocycles. The Hall–Kier alpha value is -2.10. The number of hydrogen-bond acceptors (Lipinski definition) is 3. The molecule has 0 aliphatic heterocycles. The summed E-state index contributed by atoms with van der Waals surface area (Å²) in [5, 5.41) is 0. The van der Waals surface area contributed by atoms with Crippen LogP contribution in [0.4, 0.5) is 0 Å². The molecule has 0 aliphatic rings. The number of rotatable bonds is 3. The predicted molar refractivity (Wildman–Crippen MR) is 58.0 cm³/mol. The van der Waals surface area contributed by atoms with Gasteiger partial charge in [-0.15, -0.1) is 0 Å². The maximum atomic E-state index is 11.3. The quantitative estimate of drug-likeness (QED) is 0.805. The summed E-state index contributed by atoms with van der Waals surface area (Å²) in [6.07, 6.45) is 3.41. The number of pyridine rings is 2. The lowest BCUT2D eigenvalue weighted by Crippen LogP contribution is -2.27. The van der Waals surface area contributed by atoms with Gasteiger partial charge in [0.25, 0.3) is 5.56 Å². The summed E-state index contributed by atoms with van der Waals surface area (Å²) >= 11 is 0. The molecule has 0 aliphatic carbocycles. The Morgan fingerprint density at radius 3 is 2.80 bits per heavy atom.